The van der Waals surface area contributed by atoms with Gasteiger partial charge in [0.15, 0.2) is 0 Å². The maximum atomic E-state index is 10.4. The van der Waals surface area contributed by atoms with Gasteiger partial charge in [-0.2, -0.15) is 0 Å². The van der Waals surface area contributed by atoms with Crippen LogP contribution in [0.15, 0.2) is 12.2 Å². The van der Waals surface area contributed by atoms with E-state index in [2.05, 4.69) is 6.92 Å². The molecular formula is C16H29ClO. The molecule has 0 aromatic heterocycles. The minimum Gasteiger partial charge on any atom is -0.276 e. The summed E-state index contributed by atoms with van der Waals surface area (Å²) < 4.78 is 0. The summed E-state index contributed by atoms with van der Waals surface area (Å²) in [5.74, 6) is 0. The second-order valence-electron chi connectivity index (χ2n) is 5.03. The van der Waals surface area contributed by atoms with Crippen molar-refractivity contribution in [1.29, 1.82) is 0 Å². The van der Waals surface area contributed by atoms with Crippen molar-refractivity contribution in [3.05, 3.63) is 12.2 Å². The van der Waals surface area contributed by atoms with Crippen molar-refractivity contribution < 1.29 is 4.79 Å². The van der Waals surface area contributed by atoms with Crippen LogP contribution in [0.2, 0.25) is 0 Å². The molecule has 0 radical (unpaired) electrons. The Bertz CT molecular complexity index is 211. The second-order valence-corrected chi connectivity index (χ2v) is 5.40. The summed E-state index contributed by atoms with van der Waals surface area (Å²) in [4.78, 5) is 10.4. The molecule has 1 nitrogen and oxygen atoms in total. The normalized spacial score (nSPS) is 11.2. The van der Waals surface area contributed by atoms with Crippen molar-refractivity contribution in [2.45, 2.75) is 84.0 Å². The third-order valence-corrected chi connectivity index (χ3v) is 3.35. The standard InChI is InChI=1S/C16H29ClO/c1-2-3-4-5-6-7-8-9-10-11-12-13-14-15-16(17)18/h14-15H,2-13H2,1H3/b15-14+. The monoisotopic (exact) mass is 272 g/mol. The lowest BCUT2D eigenvalue weighted by Crippen LogP contribution is -1.82. The van der Waals surface area contributed by atoms with E-state index in [1.165, 1.54) is 76.7 Å². The molecule has 0 saturated carbocycles. The number of unbranched alkanes of at least 4 members (excludes halogenated alkanes) is 11. The molecule has 106 valence electrons. The molecule has 18 heavy (non-hydrogen) atoms. The van der Waals surface area contributed by atoms with Crippen molar-refractivity contribution in [1.82, 2.24) is 0 Å². The molecule has 0 unspecified atom stereocenters. The third-order valence-electron chi connectivity index (χ3n) is 3.22. The van der Waals surface area contributed by atoms with Crippen LogP contribution in [0, 0.1) is 0 Å². The van der Waals surface area contributed by atoms with Gasteiger partial charge in [0.05, 0.1) is 0 Å². The molecule has 0 heterocycles. The van der Waals surface area contributed by atoms with Gasteiger partial charge in [-0.15, -0.1) is 0 Å². The van der Waals surface area contributed by atoms with Gasteiger partial charge in [0, 0.05) is 0 Å². The molecule has 0 amide bonds. The molecule has 2 heteroatoms. The fourth-order valence-electron chi connectivity index (χ4n) is 2.10. The highest BCUT2D eigenvalue weighted by molar-refractivity contribution is 6.66. The zero-order chi connectivity index (χ0) is 13.5. The van der Waals surface area contributed by atoms with E-state index in [1.807, 2.05) is 6.08 Å². The molecule has 0 spiro atoms. The van der Waals surface area contributed by atoms with Gasteiger partial charge in [0.2, 0.25) is 5.24 Å². The Morgan fingerprint density at radius 1 is 0.833 bits per heavy atom. The quantitative estimate of drug-likeness (QED) is 0.228. The van der Waals surface area contributed by atoms with Crippen LogP contribution in [-0.4, -0.2) is 5.24 Å². The molecule has 0 aliphatic carbocycles. The molecule has 0 bridgehead atoms. The predicted molar refractivity (Wildman–Crippen MR) is 81.1 cm³/mol. The van der Waals surface area contributed by atoms with Gasteiger partial charge >= 0.3 is 0 Å². The van der Waals surface area contributed by atoms with E-state index >= 15 is 0 Å². The third kappa shape index (κ3) is 15.7. The maximum absolute atomic E-state index is 10.4. The van der Waals surface area contributed by atoms with Crippen LogP contribution >= 0.6 is 11.6 Å². The molecule has 0 rings (SSSR count). The lowest BCUT2D eigenvalue weighted by molar-refractivity contribution is -0.107. The van der Waals surface area contributed by atoms with E-state index in [0.717, 1.165) is 6.42 Å². The van der Waals surface area contributed by atoms with Gasteiger partial charge in [-0.25, -0.2) is 0 Å². The minimum atomic E-state index is -0.363. The Hall–Kier alpha value is -0.300. The summed E-state index contributed by atoms with van der Waals surface area (Å²) >= 11 is 5.19. The summed E-state index contributed by atoms with van der Waals surface area (Å²) in [6.45, 7) is 2.26. The lowest BCUT2D eigenvalue weighted by Gasteiger charge is -2.01. The van der Waals surface area contributed by atoms with Gasteiger partial charge in [-0.3, -0.25) is 4.79 Å². The Kier molecular flexibility index (Phi) is 14.5. The summed E-state index contributed by atoms with van der Waals surface area (Å²) in [6, 6.07) is 0. The van der Waals surface area contributed by atoms with Crippen LogP contribution < -0.4 is 0 Å². The summed E-state index contributed by atoms with van der Waals surface area (Å²) in [5, 5.41) is -0.363. The molecule has 0 atom stereocenters. The number of carbonyl (C=O) groups is 1. The first-order chi connectivity index (χ1) is 8.77. The number of hydrogen-bond acceptors (Lipinski definition) is 1. The van der Waals surface area contributed by atoms with Crippen LogP contribution in [0.25, 0.3) is 0 Å². The van der Waals surface area contributed by atoms with E-state index in [9.17, 15) is 4.79 Å². The Morgan fingerprint density at radius 3 is 1.72 bits per heavy atom. The maximum Gasteiger partial charge on any atom is 0.244 e. The summed E-state index contributed by atoms with van der Waals surface area (Å²) in [7, 11) is 0. The smallest absolute Gasteiger partial charge is 0.244 e. The molecule has 0 aliphatic heterocycles. The minimum absolute atomic E-state index is 0.363. The predicted octanol–water partition coefficient (Wildman–Crippen LogP) is 6.01. The SMILES string of the molecule is CCCCCCCCCCCCC/C=C/C(=O)Cl. The van der Waals surface area contributed by atoms with Crippen LogP contribution in [0.4, 0.5) is 0 Å². The second kappa shape index (κ2) is 14.8. The van der Waals surface area contributed by atoms with Crippen molar-refractivity contribution >= 4 is 16.8 Å². The van der Waals surface area contributed by atoms with Crippen molar-refractivity contribution in [2.24, 2.45) is 0 Å². The summed E-state index contributed by atoms with van der Waals surface area (Å²) in [5.41, 5.74) is 0. The Balaban J connectivity index is 3.01. The van der Waals surface area contributed by atoms with Gasteiger partial charge < -0.3 is 0 Å². The zero-order valence-electron chi connectivity index (χ0n) is 11.9. The first-order valence-electron chi connectivity index (χ1n) is 7.63. The number of allylic oxidation sites excluding steroid dienone is 2. The average Bonchev–Trinajstić information content (AvgIpc) is 2.34. The number of hydrogen-bond donors (Lipinski definition) is 0. The molecule has 0 aliphatic rings. The van der Waals surface area contributed by atoms with Gasteiger partial charge in [0.25, 0.3) is 0 Å². The Labute approximate surface area is 118 Å². The highest BCUT2D eigenvalue weighted by Gasteiger charge is 1.92. The fraction of sp³-hybridized carbons (Fsp3) is 0.812. The molecule has 0 aromatic carbocycles. The summed E-state index contributed by atoms with van der Waals surface area (Å²) in [6.07, 6.45) is 19.3. The Morgan fingerprint density at radius 2 is 1.28 bits per heavy atom. The topological polar surface area (TPSA) is 17.1 Å². The highest BCUT2D eigenvalue weighted by Crippen LogP contribution is 2.11. The van der Waals surface area contributed by atoms with E-state index in [1.54, 1.807) is 0 Å². The first kappa shape index (κ1) is 17.7. The number of carbonyl (C=O) groups excluding carboxylic acids is 1. The molecular weight excluding hydrogens is 244 g/mol. The van der Waals surface area contributed by atoms with Crippen LogP contribution in [-0.2, 0) is 4.79 Å². The van der Waals surface area contributed by atoms with Crippen LogP contribution in [0.5, 0.6) is 0 Å². The number of rotatable bonds is 13. The lowest BCUT2D eigenvalue weighted by atomic mass is 10.1. The van der Waals surface area contributed by atoms with Gasteiger partial charge in [0.1, 0.15) is 0 Å². The van der Waals surface area contributed by atoms with E-state index in [4.69, 9.17) is 11.6 Å². The molecule has 0 aromatic rings. The molecule has 0 saturated heterocycles. The molecule has 0 fully saturated rings. The van der Waals surface area contributed by atoms with E-state index < -0.39 is 0 Å². The zero-order valence-corrected chi connectivity index (χ0v) is 12.7. The molecule has 0 N–H and O–H groups in total. The number of halogens is 1. The largest absolute Gasteiger partial charge is 0.276 e. The highest BCUT2D eigenvalue weighted by atomic mass is 35.5. The average molecular weight is 273 g/mol. The van der Waals surface area contributed by atoms with Crippen molar-refractivity contribution in [3.63, 3.8) is 0 Å². The van der Waals surface area contributed by atoms with Crippen molar-refractivity contribution in [3.8, 4) is 0 Å². The fourth-order valence-corrected chi connectivity index (χ4v) is 2.19. The first-order valence-corrected chi connectivity index (χ1v) is 8.01. The van der Waals surface area contributed by atoms with E-state index in [0.29, 0.717) is 0 Å². The van der Waals surface area contributed by atoms with Crippen LogP contribution in [0.1, 0.15) is 84.0 Å². The van der Waals surface area contributed by atoms with Gasteiger partial charge in [-0.1, -0.05) is 77.2 Å². The van der Waals surface area contributed by atoms with E-state index in [-0.39, 0.29) is 5.24 Å². The van der Waals surface area contributed by atoms with Crippen LogP contribution in [0.3, 0.4) is 0 Å². The van der Waals surface area contributed by atoms with Gasteiger partial charge in [-0.05, 0) is 30.5 Å². The van der Waals surface area contributed by atoms with Crippen molar-refractivity contribution in [2.75, 3.05) is 0 Å².